The average Bonchev–Trinajstić information content (AvgIpc) is 3.02. The molecule has 2 atom stereocenters. The van der Waals surface area contributed by atoms with Gasteiger partial charge in [-0.25, -0.2) is 18.7 Å². The molecule has 1 heterocycles. The monoisotopic (exact) mass is 622 g/mol. The van der Waals surface area contributed by atoms with Gasteiger partial charge in [0.1, 0.15) is 12.8 Å². The van der Waals surface area contributed by atoms with Crippen LogP contribution in [0.2, 0.25) is 25.7 Å². The van der Waals surface area contributed by atoms with Crippen LogP contribution in [0.4, 0.5) is 8.78 Å². The van der Waals surface area contributed by atoms with Gasteiger partial charge in [0, 0.05) is 13.6 Å². The first-order valence-corrected chi connectivity index (χ1v) is 20.9. The number of hydrogen-bond donors (Lipinski definition) is 0. The molecule has 0 spiro atoms. The minimum absolute atomic E-state index is 0.229. The lowest BCUT2D eigenvalue weighted by atomic mass is 10.00. The second-order valence-electron chi connectivity index (χ2n) is 13.6. The highest BCUT2D eigenvalue weighted by Gasteiger charge is 2.21. The quantitative estimate of drug-likeness (QED) is 0.0826. The molecule has 2 aromatic carbocycles. The SMILES string of the molecule is CCCCC[C@@H](F)[C@H](F)COc1cnc(-c2ccc(-c3ccc(CCCCCCCCCCC[Si](C)(C)C)cc3)cc2)nc1. The van der Waals surface area contributed by atoms with Crippen LogP contribution >= 0.6 is 0 Å². The number of hydrogen-bond acceptors (Lipinski definition) is 3. The molecule has 44 heavy (non-hydrogen) atoms. The van der Waals surface area contributed by atoms with Gasteiger partial charge in [0.05, 0.1) is 12.4 Å². The fourth-order valence-corrected chi connectivity index (χ4v) is 6.80. The smallest absolute Gasteiger partial charge is 0.165 e. The van der Waals surface area contributed by atoms with Gasteiger partial charge in [-0.1, -0.05) is 152 Å². The van der Waals surface area contributed by atoms with Crippen LogP contribution in [0.15, 0.2) is 60.9 Å². The van der Waals surface area contributed by atoms with E-state index < -0.39 is 20.4 Å². The van der Waals surface area contributed by atoms with Crippen LogP contribution in [0.3, 0.4) is 0 Å². The van der Waals surface area contributed by atoms with E-state index in [9.17, 15) is 8.78 Å². The molecule has 0 N–H and O–H groups in total. The molecule has 3 rings (SSSR count). The standard InChI is InChI=1S/C38H56F2N2OSi/c1-5-6-14-18-36(39)37(40)30-43-35-28-41-38(42-29-35)34-25-23-33(24-26-34)32-21-19-31(20-22-32)17-15-12-10-8-7-9-11-13-16-27-44(2,3)4/h19-26,28-29,36-37H,5-18,27,30H2,1-4H3/t36-,37-/m1/s1. The van der Waals surface area contributed by atoms with E-state index in [1.807, 2.05) is 19.1 Å². The van der Waals surface area contributed by atoms with E-state index in [0.717, 1.165) is 30.4 Å². The summed E-state index contributed by atoms with van der Waals surface area (Å²) in [5, 5.41) is 0. The van der Waals surface area contributed by atoms with Crippen LogP contribution in [0.5, 0.6) is 5.75 Å². The lowest BCUT2D eigenvalue weighted by Crippen LogP contribution is -2.24. The van der Waals surface area contributed by atoms with Gasteiger partial charge in [0.25, 0.3) is 0 Å². The van der Waals surface area contributed by atoms with Gasteiger partial charge in [-0.05, 0) is 36.0 Å². The molecule has 0 unspecified atom stereocenters. The normalized spacial score (nSPS) is 13.1. The van der Waals surface area contributed by atoms with Crippen molar-refractivity contribution >= 4 is 8.07 Å². The van der Waals surface area contributed by atoms with E-state index in [2.05, 4.69) is 66.0 Å². The van der Waals surface area contributed by atoms with Crippen molar-refractivity contribution in [2.24, 2.45) is 0 Å². The summed E-state index contributed by atoms with van der Waals surface area (Å²) in [6.45, 7) is 9.14. The van der Waals surface area contributed by atoms with Gasteiger partial charge in [-0.2, -0.15) is 0 Å². The summed E-state index contributed by atoms with van der Waals surface area (Å²) in [5.41, 5.74) is 4.63. The number of unbranched alkanes of at least 4 members (excludes halogenated alkanes) is 10. The average molecular weight is 623 g/mol. The molecule has 0 fully saturated rings. The molecule has 242 valence electrons. The zero-order valence-electron chi connectivity index (χ0n) is 27.8. The lowest BCUT2D eigenvalue weighted by molar-refractivity contribution is 0.101. The van der Waals surface area contributed by atoms with Crippen LogP contribution in [-0.2, 0) is 6.42 Å². The Morgan fingerprint density at radius 2 is 1.16 bits per heavy atom. The summed E-state index contributed by atoms with van der Waals surface area (Å²) >= 11 is 0. The fourth-order valence-electron chi connectivity index (χ4n) is 5.49. The molecule has 0 amide bonds. The van der Waals surface area contributed by atoms with Gasteiger partial charge in [-0.15, -0.1) is 0 Å². The maximum atomic E-state index is 14.1. The molecule has 0 saturated carbocycles. The molecule has 0 aliphatic heterocycles. The Kier molecular flexibility index (Phi) is 16.1. The third kappa shape index (κ3) is 14.0. The number of aromatic nitrogens is 2. The number of nitrogens with zero attached hydrogens (tertiary/aromatic N) is 2. The number of halogens is 2. The predicted octanol–water partition coefficient (Wildman–Crippen LogP) is 11.8. The van der Waals surface area contributed by atoms with Crippen LogP contribution in [0, 0.1) is 0 Å². The summed E-state index contributed by atoms with van der Waals surface area (Å²) in [4.78, 5) is 8.74. The van der Waals surface area contributed by atoms with Crippen molar-refractivity contribution in [3.05, 3.63) is 66.5 Å². The second-order valence-corrected chi connectivity index (χ2v) is 19.2. The van der Waals surface area contributed by atoms with E-state index >= 15 is 0 Å². The number of rotatable bonds is 22. The van der Waals surface area contributed by atoms with Gasteiger partial charge < -0.3 is 4.74 Å². The van der Waals surface area contributed by atoms with Crippen LogP contribution in [0.25, 0.3) is 22.5 Å². The number of ether oxygens (including phenoxy) is 1. The Balaban J connectivity index is 1.33. The lowest BCUT2D eigenvalue weighted by Gasteiger charge is -2.14. The number of alkyl halides is 2. The Hall–Kier alpha value is -2.60. The fraction of sp³-hybridized carbons (Fsp3) is 0.579. The van der Waals surface area contributed by atoms with Gasteiger partial charge in [-0.3, -0.25) is 0 Å². The first kappa shape index (κ1) is 35.9. The van der Waals surface area contributed by atoms with E-state index in [1.54, 1.807) is 0 Å². The highest BCUT2D eigenvalue weighted by Crippen LogP contribution is 2.25. The Morgan fingerprint density at radius 3 is 1.73 bits per heavy atom. The van der Waals surface area contributed by atoms with Crippen molar-refractivity contribution in [3.63, 3.8) is 0 Å². The van der Waals surface area contributed by atoms with Crippen LogP contribution < -0.4 is 4.74 Å². The van der Waals surface area contributed by atoms with E-state index in [0.29, 0.717) is 18.0 Å². The van der Waals surface area contributed by atoms with Crippen LogP contribution in [0.1, 0.15) is 96.0 Å². The highest BCUT2D eigenvalue weighted by atomic mass is 28.3. The maximum absolute atomic E-state index is 14.1. The van der Waals surface area contributed by atoms with E-state index in [4.69, 9.17) is 4.74 Å². The second kappa shape index (κ2) is 19.7. The van der Waals surface area contributed by atoms with Crippen molar-refractivity contribution < 1.29 is 13.5 Å². The molecule has 3 aromatic rings. The van der Waals surface area contributed by atoms with Gasteiger partial charge in [0.15, 0.2) is 17.7 Å². The largest absolute Gasteiger partial charge is 0.487 e. The molecule has 6 heteroatoms. The van der Waals surface area contributed by atoms with E-state index in [1.165, 1.54) is 87.4 Å². The summed E-state index contributed by atoms with van der Waals surface area (Å²) in [5.74, 6) is 0.906. The number of benzene rings is 2. The predicted molar refractivity (Wildman–Crippen MR) is 186 cm³/mol. The van der Waals surface area contributed by atoms with Crippen molar-refractivity contribution in [1.82, 2.24) is 9.97 Å². The Bertz CT molecular complexity index is 1160. The third-order valence-corrected chi connectivity index (χ3v) is 10.2. The maximum Gasteiger partial charge on any atom is 0.165 e. The molecule has 0 saturated heterocycles. The highest BCUT2D eigenvalue weighted by molar-refractivity contribution is 6.76. The van der Waals surface area contributed by atoms with Crippen molar-refractivity contribution in [2.45, 2.75) is 135 Å². The first-order chi connectivity index (χ1) is 21.2. The Labute approximate surface area is 267 Å². The summed E-state index contributed by atoms with van der Waals surface area (Å²) in [6.07, 6.45) is 16.3. The summed E-state index contributed by atoms with van der Waals surface area (Å²) in [7, 11) is -0.844. The minimum atomic E-state index is -1.65. The molecular formula is C38H56F2N2OSi. The molecular weight excluding hydrogens is 567 g/mol. The molecule has 1 aromatic heterocycles. The van der Waals surface area contributed by atoms with Crippen LogP contribution in [-0.4, -0.2) is 37.0 Å². The summed E-state index contributed by atoms with van der Waals surface area (Å²) in [6, 6.07) is 18.6. The van der Waals surface area contributed by atoms with Crippen molar-refractivity contribution in [3.8, 4) is 28.3 Å². The topological polar surface area (TPSA) is 35.0 Å². The third-order valence-electron chi connectivity index (χ3n) is 8.34. The first-order valence-electron chi connectivity index (χ1n) is 17.2. The van der Waals surface area contributed by atoms with E-state index in [-0.39, 0.29) is 13.0 Å². The molecule has 0 bridgehead atoms. The minimum Gasteiger partial charge on any atom is -0.487 e. The summed E-state index contributed by atoms with van der Waals surface area (Å²) < 4.78 is 33.4. The number of aryl methyl sites for hydroxylation is 1. The molecule has 0 aliphatic carbocycles. The molecule has 0 aliphatic rings. The molecule has 3 nitrogen and oxygen atoms in total. The Morgan fingerprint density at radius 1 is 0.636 bits per heavy atom. The zero-order valence-corrected chi connectivity index (χ0v) is 28.8. The molecule has 0 radical (unpaired) electrons. The zero-order chi connectivity index (χ0) is 31.6. The van der Waals surface area contributed by atoms with Gasteiger partial charge >= 0.3 is 0 Å². The van der Waals surface area contributed by atoms with Crippen molar-refractivity contribution in [2.75, 3.05) is 6.61 Å². The van der Waals surface area contributed by atoms with Gasteiger partial charge in [0.2, 0.25) is 0 Å². The van der Waals surface area contributed by atoms with Crippen molar-refractivity contribution in [1.29, 1.82) is 0 Å².